The van der Waals surface area contributed by atoms with Gasteiger partial charge in [-0.1, -0.05) is 24.3 Å². The fraction of sp³-hybridized carbons (Fsp3) is 0. The normalized spacial score (nSPS) is 11.3. The Labute approximate surface area is 115 Å². The highest BCUT2D eigenvalue weighted by molar-refractivity contribution is 5.80. The van der Waals surface area contributed by atoms with E-state index in [-0.39, 0.29) is 0 Å². The summed E-state index contributed by atoms with van der Waals surface area (Å²) < 4.78 is 26.3. The zero-order chi connectivity index (χ0) is 13.9. The number of hydrogen-bond donors (Lipinski definition) is 0. The van der Waals surface area contributed by atoms with Crippen LogP contribution < -0.4 is 0 Å². The van der Waals surface area contributed by atoms with E-state index in [0.717, 1.165) is 22.7 Å². The summed E-state index contributed by atoms with van der Waals surface area (Å²) in [6.45, 7) is 0. The molecule has 0 saturated heterocycles. The maximum absolute atomic E-state index is 13.5. The maximum Gasteiger partial charge on any atom is 0.133 e. The van der Waals surface area contributed by atoms with Crippen LogP contribution in [-0.4, -0.2) is 4.98 Å². The number of benzene rings is 2. The van der Waals surface area contributed by atoms with Gasteiger partial charge in [-0.15, -0.1) is 0 Å². The van der Waals surface area contributed by atoms with Crippen molar-refractivity contribution in [2.24, 2.45) is 0 Å². The van der Waals surface area contributed by atoms with Gasteiger partial charge >= 0.3 is 0 Å². The highest BCUT2D eigenvalue weighted by Gasteiger charge is 2.00. The molecule has 1 aromatic heterocycles. The van der Waals surface area contributed by atoms with Gasteiger partial charge in [0.05, 0.1) is 11.2 Å². The SMILES string of the molecule is Fc1ccc(/C=C/c2ccc3ccccc3n2)c(F)c1. The van der Waals surface area contributed by atoms with Crippen LogP contribution in [0.4, 0.5) is 8.78 Å². The summed E-state index contributed by atoms with van der Waals surface area (Å²) in [7, 11) is 0. The molecule has 0 aliphatic rings. The molecule has 0 unspecified atom stereocenters. The topological polar surface area (TPSA) is 12.9 Å². The lowest BCUT2D eigenvalue weighted by molar-refractivity contribution is 0.581. The highest BCUT2D eigenvalue weighted by atomic mass is 19.1. The molecule has 0 N–H and O–H groups in total. The Morgan fingerprint density at radius 1 is 0.850 bits per heavy atom. The third-order valence-corrected chi connectivity index (χ3v) is 3.02. The first-order chi connectivity index (χ1) is 9.72. The molecule has 1 nitrogen and oxygen atoms in total. The molecule has 3 heteroatoms. The predicted molar refractivity (Wildman–Crippen MR) is 77.0 cm³/mol. The lowest BCUT2D eigenvalue weighted by Gasteiger charge is -1.99. The largest absolute Gasteiger partial charge is 0.248 e. The van der Waals surface area contributed by atoms with E-state index in [2.05, 4.69) is 4.98 Å². The molecule has 0 fully saturated rings. The van der Waals surface area contributed by atoms with Crippen LogP contribution >= 0.6 is 0 Å². The molecule has 20 heavy (non-hydrogen) atoms. The van der Waals surface area contributed by atoms with E-state index in [4.69, 9.17) is 0 Å². The smallest absolute Gasteiger partial charge is 0.133 e. The first-order valence-corrected chi connectivity index (χ1v) is 6.21. The molecule has 0 aliphatic heterocycles. The number of nitrogens with zero attached hydrogens (tertiary/aromatic N) is 1. The van der Waals surface area contributed by atoms with Crippen LogP contribution in [0.5, 0.6) is 0 Å². The zero-order valence-electron chi connectivity index (χ0n) is 10.6. The van der Waals surface area contributed by atoms with Gasteiger partial charge in [0, 0.05) is 17.0 Å². The van der Waals surface area contributed by atoms with Gasteiger partial charge in [0.2, 0.25) is 0 Å². The van der Waals surface area contributed by atoms with Crippen LogP contribution in [-0.2, 0) is 0 Å². The molecule has 0 aliphatic carbocycles. The van der Waals surface area contributed by atoms with Crippen LogP contribution in [0, 0.1) is 11.6 Å². The van der Waals surface area contributed by atoms with Gasteiger partial charge in [-0.05, 0) is 36.4 Å². The zero-order valence-corrected chi connectivity index (χ0v) is 10.6. The summed E-state index contributed by atoms with van der Waals surface area (Å²) >= 11 is 0. The number of fused-ring (bicyclic) bond motifs is 1. The van der Waals surface area contributed by atoms with E-state index < -0.39 is 11.6 Å². The van der Waals surface area contributed by atoms with Crippen molar-refractivity contribution in [1.29, 1.82) is 0 Å². The molecule has 0 spiro atoms. The molecule has 1 heterocycles. The van der Waals surface area contributed by atoms with Crippen LogP contribution in [0.25, 0.3) is 23.1 Å². The van der Waals surface area contributed by atoms with Crippen LogP contribution in [0.1, 0.15) is 11.3 Å². The maximum atomic E-state index is 13.5. The van der Waals surface area contributed by atoms with E-state index >= 15 is 0 Å². The van der Waals surface area contributed by atoms with Crippen molar-refractivity contribution < 1.29 is 8.78 Å². The average molecular weight is 267 g/mol. The molecule has 0 amide bonds. The second-order valence-electron chi connectivity index (χ2n) is 4.43. The van der Waals surface area contributed by atoms with Gasteiger partial charge in [0.25, 0.3) is 0 Å². The van der Waals surface area contributed by atoms with Crippen molar-refractivity contribution in [3.05, 3.63) is 77.5 Å². The first-order valence-electron chi connectivity index (χ1n) is 6.21. The van der Waals surface area contributed by atoms with Crippen molar-refractivity contribution in [3.63, 3.8) is 0 Å². The first kappa shape index (κ1) is 12.5. The molecule has 3 rings (SSSR count). The van der Waals surface area contributed by atoms with Gasteiger partial charge < -0.3 is 0 Å². The predicted octanol–water partition coefficient (Wildman–Crippen LogP) is 4.68. The number of hydrogen-bond acceptors (Lipinski definition) is 1. The van der Waals surface area contributed by atoms with Gasteiger partial charge in [-0.25, -0.2) is 13.8 Å². The summed E-state index contributed by atoms with van der Waals surface area (Å²) in [6, 6.07) is 15.1. The lowest BCUT2D eigenvalue weighted by atomic mass is 10.1. The standard InChI is InChI=1S/C17H11F2N/c18-14-8-5-12(16(19)11-14)6-9-15-10-7-13-3-1-2-4-17(13)20-15/h1-11H/b9-6+. The molecule has 0 atom stereocenters. The second kappa shape index (κ2) is 5.21. The summed E-state index contributed by atoms with van der Waals surface area (Å²) in [5, 5.41) is 1.05. The van der Waals surface area contributed by atoms with Crippen molar-refractivity contribution >= 4 is 23.1 Å². The number of para-hydroxylation sites is 1. The van der Waals surface area contributed by atoms with Crippen LogP contribution in [0.3, 0.4) is 0 Å². The minimum Gasteiger partial charge on any atom is -0.248 e. The van der Waals surface area contributed by atoms with Crippen molar-refractivity contribution in [1.82, 2.24) is 4.98 Å². The van der Waals surface area contributed by atoms with Gasteiger partial charge in [0.15, 0.2) is 0 Å². The van der Waals surface area contributed by atoms with Crippen LogP contribution in [0.2, 0.25) is 0 Å². The molecule has 2 aromatic carbocycles. The minimum atomic E-state index is -0.581. The van der Waals surface area contributed by atoms with E-state index in [1.165, 1.54) is 12.1 Å². The lowest BCUT2D eigenvalue weighted by Crippen LogP contribution is -1.85. The van der Waals surface area contributed by atoms with E-state index in [9.17, 15) is 8.78 Å². The van der Waals surface area contributed by atoms with E-state index in [1.807, 2.05) is 36.4 Å². The number of rotatable bonds is 2. The molecule has 3 aromatic rings. The number of pyridine rings is 1. The summed E-state index contributed by atoms with van der Waals surface area (Å²) in [6.07, 6.45) is 3.30. The Morgan fingerprint density at radius 3 is 2.55 bits per heavy atom. The summed E-state index contributed by atoms with van der Waals surface area (Å²) in [5.41, 5.74) is 1.95. The summed E-state index contributed by atoms with van der Waals surface area (Å²) in [5.74, 6) is -1.16. The third-order valence-electron chi connectivity index (χ3n) is 3.02. The average Bonchev–Trinajstić information content (AvgIpc) is 2.46. The highest BCUT2D eigenvalue weighted by Crippen LogP contribution is 2.15. The minimum absolute atomic E-state index is 0.335. The molecule has 0 saturated carbocycles. The summed E-state index contributed by atoms with van der Waals surface area (Å²) in [4.78, 5) is 4.45. The Kier molecular flexibility index (Phi) is 3.25. The van der Waals surface area contributed by atoms with Crippen molar-refractivity contribution in [2.45, 2.75) is 0 Å². The van der Waals surface area contributed by atoms with E-state index in [1.54, 1.807) is 12.2 Å². The Morgan fingerprint density at radius 2 is 1.70 bits per heavy atom. The van der Waals surface area contributed by atoms with Gasteiger partial charge in [-0.2, -0.15) is 0 Å². The molecule has 98 valence electrons. The fourth-order valence-corrected chi connectivity index (χ4v) is 1.99. The molecular formula is C17H11F2N. The third kappa shape index (κ3) is 2.57. The van der Waals surface area contributed by atoms with Gasteiger partial charge in [-0.3, -0.25) is 0 Å². The molecular weight excluding hydrogens is 256 g/mol. The fourth-order valence-electron chi connectivity index (χ4n) is 1.99. The molecule has 0 radical (unpaired) electrons. The van der Waals surface area contributed by atoms with E-state index in [0.29, 0.717) is 5.56 Å². The van der Waals surface area contributed by atoms with Crippen molar-refractivity contribution in [3.8, 4) is 0 Å². The number of aromatic nitrogens is 1. The number of halogens is 2. The van der Waals surface area contributed by atoms with Crippen LogP contribution in [0.15, 0.2) is 54.6 Å². The Balaban J connectivity index is 1.93. The quantitative estimate of drug-likeness (QED) is 0.656. The molecule has 0 bridgehead atoms. The van der Waals surface area contributed by atoms with Crippen molar-refractivity contribution in [2.75, 3.05) is 0 Å². The Bertz CT molecular complexity index is 794. The second-order valence-corrected chi connectivity index (χ2v) is 4.43. The van der Waals surface area contributed by atoms with Gasteiger partial charge in [0.1, 0.15) is 11.6 Å². The Hall–Kier alpha value is -2.55. The monoisotopic (exact) mass is 267 g/mol.